The third-order valence-corrected chi connectivity index (χ3v) is 5.93. The summed E-state index contributed by atoms with van der Waals surface area (Å²) in [6.07, 6.45) is 0. The molecule has 3 rings (SSSR count). The highest BCUT2D eigenvalue weighted by atomic mass is 35.5. The zero-order chi connectivity index (χ0) is 21.8. The van der Waals surface area contributed by atoms with Crippen LogP contribution in [0.25, 0.3) is 10.2 Å². The van der Waals surface area contributed by atoms with Crippen molar-refractivity contribution in [3.05, 3.63) is 56.3 Å². The van der Waals surface area contributed by atoms with E-state index >= 15 is 0 Å². The van der Waals surface area contributed by atoms with Gasteiger partial charge >= 0.3 is 5.97 Å². The van der Waals surface area contributed by atoms with Gasteiger partial charge in [-0.05, 0) is 62.2 Å². The number of aromatic nitrogens is 1. The molecule has 0 radical (unpaired) electrons. The number of rotatable bonds is 6. The molecule has 3 aromatic rings. The van der Waals surface area contributed by atoms with E-state index in [1.807, 2.05) is 26.0 Å². The van der Waals surface area contributed by atoms with Crippen molar-refractivity contribution in [3.8, 4) is 5.75 Å². The summed E-state index contributed by atoms with van der Waals surface area (Å²) in [6, 6.07) is 8.74. The van der Waals surface area contributed by atoms with Gasteiger partial charge in [0.25, 0.3) is 5.91 Å². The van der Waals surface area contributed by atoms with E-state index in [2.05, 4.69) is 4.99 Å². The molecule has 0 spiro atoms. The quantitative estimate of drug-likeness (QED) is 0.493. The molecule has 0 aliphatic rings. The number of esters is 1. The van der Waals surface area contributed by atoms with Crippen molar-refractivity contribution in [1.82, 2.24) is 4.57 Å². The largest absolute Gasteiger partial charge is 0.482 e. The SMILES string of the molecule is CCOC(=O)Cn1c(=NC(=O)COc2ccc(Cl)cc2Cl)sc2cc(C)c(C)cc21. The van der Waals surface area contributed by atoms with Crippen LogP contribution in [-0.2, 0) is 20.9 Å². The fourth-order valence-corrected chi connectivity index (χ4v) is 4.36. The fourth-order valence-electron chi connectivity index (χ4n) is 2.77. The summed E-state index contributed by atoms with van der Waals surface area (Å²) in [5.41, 5.74) is 3.02. The van der Waals surface area contributed by atoms with E-state index in [9.17, 15) is 9.59 Å². The van der Waals surface area contributed by atoms with Crippen LogP contribution >= 0.6 is 34.5 Å². The van der Waals surface area contributed by atoms with Gasteiger partial charge in [-0.25, -0.2) is 0 Å². The maximum absolute atomic E-state index is 12.5. The van der Waals surface area contributed by atoms with Gasteiger partial charge < -0.3 is 14.0 Å². The van der Waals surface area contributed by atoms with Crippen LogP contribution in [0.5, 0.6) is 5.75 Å². The Kier molecular flexibility index (Phi) is 7.18. The molecule has 0 aliphatic heterocycles. The maximum Gasteiger partial charge on any atom is 0.326 e. The third kappa shape index (κ3) is 5.22. The summed E-state index contributed by atoms with van der Waals surface area (Å²) >= 11 is 13.3. The molecule has 0 saturated heterocycles. The number of aryl methyl sites for hydroxylation is 2. The van der Waals surface area contributed by atoms with Crippen molar-refractivity contribution in [2.45, 2.75) is 27.3 Å². The number of ether oxygens (including phenoxy) is 2. The molecule has 0 atom stereocenters. The molecule has 0 aliphatic carbocycles. The molecule has 1 amide bonds. The molecule has 2 aromatic carbocycles. The van der Waals surface area contributed by atoms with Crippen molar-refractivity contribution in [2.75, 3.05) is 13.2 Å². The van der Waals surface area contributed by atoms with Crippen LogP contribution in [-0.4, -0.2) is 29.7 Å². The summed E-state index contributed by atoms with van der Waals surface area (Å²) in [5.74, 6) is -0.557. The topological polar surface area (TPSA) is 69.9 Å². The number of hydrogen-bond donors (Lipinski definition) is 0. The standard InChI is InChI=1S/C21H20Cl2N2O4S/c1-4-28-20(27)10-25-16-7-12(2)13(3)8-18(16)30-21(25)24-19(26)11-29-17-6-5-14(22)9-15(17)23/h5-9H,4,10-11H2,1-3H3. The highest BCUT2D eigenvalue weighted by Gasteiger charge is 2.14. The van der Waals surface area contributed by atoms with E-state index in [1.54, 1.807) is 23.6 Å². The Morgan fingerprint density at radius 1 is 1.13 bits per heavy atom. The van der Waals surface area contributed by atoms with E-state index < -0.39 is 11.9 Å². The molecule has 1 heterocycles. The van der Waals surface area contributed by atoms with Crippen molar-refractivity contribution in [3.63, 3.8) is 0 Å². The molecule has 6 nitrogen and oxygen atoms in total. The number of carbonyl (C=O) groups excluding carboxylic acids is 2. The van der Waals surface area contributed by atoms with Gasteiger partial charge in [0.05, 0.1) is 21.8 Å². The molecule has 0 fully saturated rings. The first-order valence-corrected chi connectivity index (χ1v) is 10.8. The first-order chi connectivity index (χ1) is 14.3. The van der Waals surface area contributed by atoms with Crippen molar-refractivity contribution in [2.24, 2.45) is 4.99 Å². The predicted octanol–water partition coefficient (Wildman–Crippen LogP) is 4.70. The summed E-state index contributed by atoms with van der Waals surface area (Å²) < 4.78 is 13.2. The Balaban J connectivity index is 1.93. The molecule has 0 N–H and O–H groups in total. The van der Waals surface area contributed by atoms with Crippen LogP contribution in [0.2, 0.25) is 10.0 Å². The van der Waals surface area contributed by atoms with Crippen LogP contribution < -0.4 is 9.54 Å². The van der Waals surface area contributed by atoms with E-state index in [-0.39, 0.29) is 19.8 Å². The third-order valence-electron chi connectivity index (χ3n) is 4.36. The van der Waals surface area contributed by atoms with Crippen molar-refractivity contribution >= 4 is 56.6 Å². The normalized spacial score (nSPS) is 11.7. The molecule has 1 aromatic heterocycles. The van der Waals surface area contributed by atoms with Crippen LogP contribution in [0, 0.1) is 13.8 Å². The number of hydrogen-bond acceptors (Lipinski definition) is 5. The Morgan fingerprint density at radius 3 is 2.57 bits per heavy atom. The monoisotopic (exact) mass is 466 g/mol. The number of carbonyl (C=O) groups is 2. The predicted molar refractivity (Wildman–Crippen MR) is 118 cm³/mol. The lowest BCUT2D eigenvalue weighted by molar-refractivity contribution is -0.143. The minimum absolute atomic E-state index is 0.0354. The average Bonchev–Trinajstić information content (AvgIpc) is 2.97. The molecule has 0 bridgehead atoms. The minimum Gasteiger partial charge on any atom is -0.482 e. The highest BCUT2D eigenvalue weighted by molar-refractivity contribution is 7.16. The van der Waals surface area contributed by atoms with Gasteiger partial charge in [-0.1, -0.05) is 34.5 Å². The van der Waals surface area contributed by atoms with Gasteiger partial charge in [0, 0.05) is 5.02 Å². The molecular formula is C21H20Cl2N2O4S. The fraction of sp³-hybridized carbons (Fsp3) is 0.286. The average molecular weight is 467 g/mol. The molecule has 30 heavy (non-hydrogen) atoms. The Morgan fingerprint density at radius 2 is 1.87 bits per heavy atom. The van der Waals surface area contributed by atoms with E-state index in [4.69, 9.17) is 32.7 Å². The molecule has 9 heteroatoms. The summed E-state index contributed by atoms with van der Waals surface area (Å²) in [5, 5.41) is 0.778. The van der Waals surface area contributed by atoms with E-state index in [0.717, 1.165) is 21.3 Å². The Hall–Kier alpha value is -2.35. The van der Waals surface area contributed by atoms with Crippen molar-refractivity contribution in [1.29, 1.82) is 0 Å². The van der Waals surface area contributed by atoms with Gasteiger partial charge in [-0.15, -0.1) is 0 Å². The van der Waals surface area contributed by atoms with Gasteiger partial charge in [-0.2, -0.15) is 4.99 Å². The van der Waals surface area contributed by atoms with Gasteiger partial charge in [-0.3, -0.25) is 9.59 Å². The lowest BCUT2D eigenvalue weighted by Crippen LogP contribution is -2.24. The number of amides is 1. The lowest BCUT2D eigenvalue weighted by Gasteiger charge is -2.07. The summed E-state index contributed by atoms with van der Waals surface area (Å²) in [7, 11) is 0. The smallest absolute Gasteiger partial charge is 0.326 e. The van der Waals surface area contributed by atoms with E-state index in [0.29, 0.717) is 20.6 Å². The zero-order valence-electron chi connectivity index (χ0n) is 16.7. The molecular weight excluding hydrogens is 447 g/mol. The van der Waals surface area contributed by atoms with Gasteiger partial charge in [0.15, 0.2) is 11.4 Å². The Labute approximate surface area is 187 Å². The van der Waals surface area contributed by atoms with E-state index in [1.165, 1.54) is 17.4 Å². The number of nitrogens with zero attached hydrogens (tertiary/aromatic N) is 2. The molecule has 0 saturated carbocycles. The highest BCUT2D eigenvalue weighted by Crippen LogP contribution is 2.27. The first kappa shape index (κ1) is 22.3. The second-order valence-electron chi connectivity index (χ2n) is 6.55. The zero-order valence-corrected chi connectivity index (χ0v) is 19.0. The minimum atomic E-state index is -0.501. The van der Waals surface area contributed by atoms with Gasteiger partial charge in [0.1, 0.15) is 12.3 Å². The van der Waals surface area contributed by atoms with Gasteiger partial charge in [0.2, 0.25) is 0 Å². The van der Waals surface area contributed by atoms with Crippen LogP contribution in [0.1, 0.15) is 18.1 Å². The van der Waals surface area contributed by atoms with Crippen LogP contribution in [0.15, 0.2) is 35.3 Å². The van der Waals surface area contributed by atoms with Crippen LogP contribution in [0.4, 0.5) is 0 Å². The maximum atomic E-state index is 12.5. The summed E-state index contributed by atoms with van der Waals surface area (Å²) in [6.45, 7) is 5.69. The number of benzene rings is 2. The number of thiazole rings is 1. The second-order valence-corrected chi connectivity index (χ2v) is 8.40. The molecule has 158 valence electrons. The lowest BCUT2D eigenvalue weighted by atomic mass is 10.1. The van der Waals surface area contributed by atoms with Crippen LogP contribution in [0.3, 0.4) is 0 Å². The Bertz CT molecular complexity index is 1180. The number of halogens is 2. The van der Waals surface area contributed by atoms with Crippen molar-refractivity contribution < 1.29 is 19.1 Å². The number of fused-ring (bicyclic) bond motifs is 1. The first-order valence-electron chi connectivity index (χ1n) is 9.20. The summed E-state index contributed by atoms with van der Waals surface area (Å²) in [4.78, 5) is 29.1. The molecule has 0 unspecified atom stereocenters. The second kappa shape index (κ2) is 9.64.